The van der Waals surface area contributed by atoms with E-state index >= 15 is 0 Å². The van der Waals surface area contributed by atoms with E-state index in [2.05, 4.69) is 16.4 Å². The van der Waals surface area contributed by atoms with Crippen LogP contribution < -0.4 is 10.1 Å². The maximum absolute atomic E-state index is 13.0. The number of carbonyl (C=O) groups excluding carboxylic acids is 1. The summed E-state index contributed by atoms with van der Waals surface area (Å²) in [6, 6.07) is 13.7. The molecule has 2 aromatic carbocycles. The summed E-state index contributed by atoms with van der Waals surface area (Å²) in [6.45, 7) is 3.89. The van der Waals surface area contributed by atoms with Crippen LogP contribution in [-0.4, -0.2) is 23.0 Å². The van der Waals surface area contributed by atoms with Crippen LogP contribution in [0.5, 0.6) is 5.75 Å². The molecule has 0 aliphatic heterocycles. The van der Waals surface area contributed by atoms with E-state index in [4.69, 9.17) is 4.74 Å². The molecule has 1 aromatic heterocycles. The van der Waals surface area contributed by atoms with Gasteiger partial charge in [-0.2, -0.15) is 0 Å². The first-order chi connectivity index (χ1) is 12.0. The van der Waals surface area contributed by atoms with Crippen LogP contribution in [0, 0.1) is 5.82 Å². The van der Waals surface area contributed by atoms with Crippen LogP contribution in [0.1, 0.15) is 19.4 Å². The first-order valence-electron chi connectivity index (χ1n) is 8.23. The quantitative estimate of drug-likeness (QED) is 0.717. The normalized spacial score (nSPS) is 11.5. The molecule has 1 heterocycles. The van der Waals surface area contributed by atoms with Gasteiger partial charge < -0.3 is 15.0 Å². The van der Waals surface area contributed by atoms with Gasteiger partial charge in [0.2, 0.25) is 0 Å². The molecule has 0 atom stereocenters. The van der Waals surface area contributed by atoms with Crippen LogP contribution in [0.4, 0.5) is 4.39 Å². The van der Waals surface area contributed by atoms with Crippen molar-refractivity contribution in [3.05, 3.63) is 66.1 Å². The Labute approximate surface area is 146 Å². The second kappa shape index (κ2) is 6.97. The number of nitrogens with one attached hydrogen (secondary N) is 2. The lowest BCUT2D eigenvalue weighted by Crippen LogP contribution is -2.47. The third-order valence-electron chi connectivity index (χ3n) is 4.09. The molecule has 0 bridgehead atoms. The molecule has 0 saturated heterocycles. The van der Waals surface area contributed by atoms with Crippen molar-refractivity contribution in [2.75, 3.05) is 6.54 Å². The van der Waals surface area contributed by atoms with Gasteiger partial charge in [-0.1, -0.05) is 18.2 Å². The van der Waals surface area contributed by atoms with Crippen LogP contribution in [0.15, 0.2) is 54.7 Å². The van der Waals surface area contributed by atoms with Gasteiger partial charge in [-0.25, -0.2) is 4.39 Å². The zero-order chi connectivity index (χ0) is 17.9. The number of carbonyl (C=O) groups is 1. The first kappa shape index (κ1) is 17.0. The maximum Gasteiger partial charge on any atom is 0.263 e. The van der Waals surface area contributed by atoms with Crippen molar-refractivity contribution in [2.45, 2.75) is 25.9 Å². The van der Waals surface area contributed by atoms with E-state index in [1.165, 1.54) is 29.7 Å². The molecule has 0 aliphatic carbocycles. The fourth-order valence-corrected chi connectivity index (χ4v) is 2.71. The number of halogens is 1. The largest absolute Gasteiger partial charge is 0.478 e. The minimum absolute atomic E-state index is 0.211. The Morgan fingerprint density at radius 2 is 1.88 bits per heavy atom. The van der Waals surface area contributed by atoms with E-state index in [0.717, 1.165) is 17.5 Å². The third-order valence-corrected chi connectivity index (χ3v) is 4.09. The second-order valence-electron chi connectivity index (χ2n) is 6.43. The Kier molecular flexibility index (Phi) is 4.74. The Morgan fingerprint density at radius 3 is 2.64 bits per heavy atom. The third kappa shape index (κ3) is 3.99. The number of H-pyrrole nitrogens is 1. The second-order valence-corrected chi connectivity index (χ2v) is 6.43. The average Bonchev–Trinajstić information content (AvgIpc) is 3.00. The van der Waals surface area contributed by atoms with Gasteiger partial charge in [0.15, 0.2) is 5.60 Å². The summed E-state index contributed by atoms with van der Waals surface area (Å²) in [4.78, 5) is 15.6. The number of aromatic amines is 1. The molecular formula is C20H21FN2O2. The monoisotopic (exact) mass is 340 g/mol. The molecule has 4 nitrogen and oxygen atoms in total. The molecule has 2 N–H and O–H groups in total. The summed E-state index contributed by atoms with van der Waals surface area (Å²) < 4.78 is 18.6. The van der Waals surface area contributed by atoms with E-state index < -0.39 is 5.60 Å². The zero-order valence-corrected chi connectivity index (χ0v) is 14.3. The predicted octanol–water partition coefficient (Wildman–Crippen LogP) is 3.82. The summed E-state index contributed by atoms with van der Waals surface area (Å²) in [6.07, 6.45) is 2.69. The summed E-state index contributed by atoms with van der Waals surface area (Å²) >= 11 is 0. The number of aromatic nitrogens is 1. The highest BCUT2D eigenvalue weighted by atomic mass is 19.1. The van der Waals surface area contributed by atoms with Gasteiger partial charge in [0.1, 0.15) is 11.6 Å². The lowest BCUT2D eigenvalue weighted by molar-refractivity contribution is -0.134. The zero-order valence-electron chi connectivity index (χ0n) is 14.3. The fourth-order valence-electron chi connectivity index (χ4n) is 2.71. The molecule has 3 aromatic rings. The van der Waals surface area contributed by atoms with Crippen molar-refractivity contribution in [1.82, 2.24) is 10.3 Å². The maximum atomic E-state index is 13.0. The Balaban J connectivity index is 1.56. The smallest absolute Gasteiger partial charge is 0.263 e. The minimum atomic E-state index is -1.04. The van der Waals surface area contributed by atoms with Gasteiger partial charge >= 0.3 is 0 Å². The van der Waals surface area contributed by atoms with Crippen molar-refractivity contribution in [3.8, 4) is 5.75 Å². The molecule has 25 heavy (non-hydrogen) atoms. The van der Waals surface area contributed by atoms with Crippen LogP contribution in [0.3, 0.4) is 0 Å². The molecule has 1 amide bonds. The number of rotatable bonds is 6. The standard InChI is InChI=1S/C20H21FN2O2/c1-20(2,25-16-9-7-15(21)8-10-16)19(24)22-12-11-14-13-23-18-6-4-3-5-17(14)18/h3-10,13,23H,11-12H2,1-2H3,(H,22,24). The van der Waals surface area contributed by atoms with Gasteiger partial charge in [0, 0.05) is 23.6 Å². The number of amides is 1. The Bertz CT molecular complexity index is 869. The van der Waals surface area contributed by atoms with E-state index in [1.807, 2.05) is 24.4 Å². The number of hydrogen-bond donors (Lipinski definition) is 2. The number of ether oxygens (including phenoxy) is 1. The summed E-state index contributed by atoms with van der Waals surface area (Å²) in [5.74, 6) is -0.0943. The molecular weight excluding hydrogens is 319 g/mol. The highest BCUT2D eigenvalue weighted by molar-refractivity contribution is 5.85. The van der Waals surface area contributed by atoms with Gasteiger partial charge in [-0.05, 0) is 56.2 Å². The molecule has 0 aliphatic rings. The predicted molar refractivity (Wildman–Crippen MR) is 96.1 cm³/mol. The van der Waals surface area contributed by atoms with Crippen molar-refractivity contribution >= 4 is 16.8 Å². The van der Waals surface area contributed by atoms with Crippen molar-refractivity contribution in [1.29, 1.82) is 0 Å². The van der Waals surface area contributed by atoms with E-state index in [1.54, 1.807) is 13.8 Å². The van der Waals surface area contributed by atoms with Gasteiger partial charge in [-0.3, -0.25) is 4.79 Å². The van der Waals surface area contributed by atoms with Gasteiger partial charge in [0.05, 0.1) is 0 Å². The van der Waals surface area contributed by atoms with Crippen molar-refractivity contribution in [2.24, 2.45) is 0 Å². The fraction of sp³-hybridized carbons (Fsp3) is 0.250. The molecule has 0 fully saturated rings. The van der Waals surface area contributed by atoms with E-state index in [-0.39, 0.29) is 11.7 Å². The van der Waals surface area contributed by atoms with Gasteiger partial charge in [-0.15, -0.1) is 0 Å². The number of fused-ring (bicyclic) bond motifs is 1. The molecule has 0 radical (unpaired) electrons. The molecule has 0 spiro atoms. The highest BCUT2D eigenvalue weighted by Crippen LogP contribution is 2.20. The molecule has 0 unspecified atom stereocenters. The first-order valence-corrected chi connectivity index (χ1v) is 8.23. The van der Waals surface area contributed by atoms with E-state index in [0.29, 0.717) is 12.3 Å². The van der Waals surface area contributed by atoms with E-state index in [9.17, 15) is 9.18 Å². The minimum Gasteiger partial charge on any atom is -0.478 e. The van der Waals surface area contributed by atoms with Crippen molar-refractivity contribution < 1.29 is 13.9 Å². The number of benzene rings is 2. The molecule has 130 valence electrons. The summed E-state index contributed by atoms with van der Waals surface area (Å²) in [7, 11) is 0. The summed E-state index contributed by atoms with van der Waals surface area (Å²) in [5.41, 5.74) is 1.20. The van der Waals surface area contributed by atoms with Crippen LogP contribution >= 0.6 is 0 Å². The highest BCUT2D eigenvalue weighted by Gasteiger charge is 2.29. The average molecular weight is 340 g/mol. The molecule has 5 heteroatoms. The lowest BCUT2D eigenvalue weighted by atomic mass is 10.1. The molecule has 3 rings (SSSR count). The van der Waals surface area contributed by atoms with Gasteiger partial charge in [0.25, 0.3) is 5.91 Å². The van der Waals surface area contributed by atoms with Crippen molar-refractivity contribution in [3.63, 3.8) is 0 Å². The SMILES string of the molecule is CC(C)(Oc1ccc(F)cc1)C(=O)NCCc1c[nH]c2ccccc12. The van der Waals surface area contributed by atoms with Crippen LogP contribution in [0.25, 0.3) is 10.9 Å². The number of hydrogen-bond acceptors (Lipinski definition) is 2. The Morgan fingerprint density at radius 1 is 1.16 bits per heavy atom. The number of para-hydroxylation sites is 1. The lowest BCUT2D eigenvalue weighted by Gasteiger charge is -2.25. The van der Waals surface area contributed by atoms with Crippen LogP contribution in [-0.2, 0) is 11.2 Å². The molecule has 0 saturated carbocycles. The topological polar surface area (TPSA) is 54.1 Å². The Hall–Kier alpha value is -2.82. The van der Waals surface area contributed by atoms with Crippen LogP contribution in [0.2, 0.25) is 0 Å². The summed E-state index contributed by atoms with van der Waals surface area (Å²) in [5, 5.41) is 4.07.